The monoisotopic (exact) mass is 483 g/mol. The molecule has 0 aliphatic carbocycles. The summed E-state index contributed by atoms with van der Waals surface area (Å²) in [6, 6.07) is 8.26. The maximum Gasteiger partial charge on any atom is 0.349 e. The fraction of sp³-hybridized carbons (Fsp3) is 0.238. The predicted octanol–water partition coefficient (Wildman–Crippen LogP) is 4.82. The van der Waals surface area contributed by atoms with Gasteiger partial charge in [0.15, 0.2) is 11.5 Å². The molecule has 1 amide bonds. The van der Waals surface area contributed by atoms with Crippen LogP contribution in [0.3, 0.4) is 0 Å². The summed E-state index contributed by atoms with van der Waals surface area (Å²) in [7, 11) is 4.41. The zero-order valence-corrected chi connectivity index (χ0v) is 19.2. The number of nitrogens with one attached hydrogen (secondary N) is 1. The van der Waals surface area contributed by atoms with Gasteiger partial charge in [-0.3, -0.25) is 4.79 Å². The van der Waals surface area contributed by atoms with E-state index in [4.69, 9.17) is 42.1 Å². The number of benzene rings is 2. The second-order valence-corrected chi connectivity index (χ2v) is 8.06. The number of esters is 1. The van der Waals surface area contributed by atoms with Gasteiger partial charge in [-0.15, -0.1) is 11.3 Å². The Morgan fingerprint density at radius 3 is 2.29 bits per heavy atom. The van der Waals surface area contributed by atoms with Crippen LogP contribution >= 0.6 is 34.5 Å². The average Bonchev–Trinajstić information content (AvgIpc) is 3.10. The molecule has 164 valence electrons. The van der Waals surface area contributed by atoms with Gasteiger partial charge in [-0.25, -0.2) is 4.79 Å². The molecular weight excluding hydrogens is 465 g/mol. The fourth-order valence-corrected chi connectivity index (χ4v) is 4.54. The van der Waals surface area contributed by atoms with Gasteiger partial charge in [0, 0.05) is 20.7 Å². The van der Waals surface area contributed by atoms with Crippen molar-refractivity contribution in [1.82, 2.24) is 5.32 Å². The van der Waals surface area contributed by atoms with Crippen molar-refractivity contribution in [2.75, 3.05) is 34.5 Å². The van der Waals surface area contributed by atoms with Gasteiger partial charge in [-0.05, 0) is 24.3 Å². The van der Waals surface area contributed by atoms with E-state index in [0.29, 0.717) is 32.9 Å². The number of amides is 1. The van der Waals surface area contributed by atoms with Crippen LogP contribution in [0.25, 0.3) is 10.1 Å². The van der Waals surface area contributed by atoms with E-state index >= 15 is 0 Å². The largest absolute Gasteiger partial charge is 0.493 e. The van der Waals surface area contributed by atoms with Crippen LogP contribution in [0.4, 0.5) is 0 Å². The minimum atomic E-state index is -0.565. The van der Waals surface area contributed by atoms with Crippen molar-refractivity contribution >= 4 is 56.5 Å². The topological polar surface area (TPSA) is 83.1 Å². The average molecular weight is 484 g/mol. The molecule has 0 aliphatic rings. The lowest BCUT2D eigenvalue weighted by atomic mass is 10.1. The molecule has 3 rings (SSSR count). The lowest BCUT2D eigenvalue weighted by molar-refractivity contribution is 0.0509. The SMILES string of the molecule is COc1cc(C(=O)NCCOC(=O)c2sc3cc(Cl)ccc3c2Cl)cc(OC)c1OC. The van der Waals surface area contributed by atoms with Crippen molar-refractivity contribution in [2.45, 2.75) is 0 Å². The van der Waals surface area contributed by atoms with Gasteiger partial charge in [0.25, 0.3) is 5.91 Å². The summed E-state index contributed by atoms with van der Waals surface area (Å²) in [5.41, 5.74) is 0.310. The number of carbonyl (C=O) groups excluding carboxylic acids is 2. The first-order chi connectivity index (χ1) is 14.9. The summed E-state index contributed by atoms with van der Waals surface area (Å²) in [5, 5.41) is 4.29. The van der Waals surface area contributed by atoms with Crippen molar-refractivity contribution in [3.8, 4) is 17.2 Å². The summed E-state index contributed by atoms with van der Waals surface area (Å²) in [6.07, 6.45) is 0. The van der Waals surface area contributed by atoms with E-state index in [9.17, 15) is 9.59 Å². The first-order valence-electron chi connectivity index (χ1n) is 9.02. The highest BCUT2D eigenvalue weighted by Crippen LogP contribution is 2.38. The summed E-state index contributed by atoms with van der Waals surface area (Å²) in [5.74, 6) is 0.155. The molecule has 0 unspecified atom stereocenters. The van der Waals surface area contributed by atoms with Crippen molar-refractivity contribution < 1.29 is 28.5 Å². The number of fused-ring (bicyclic) bond motifs is 1. The van der Waals surface area contributed by atoms with Crippen molar-refractivity contribution in [1.29, 1.82) is 0 Å². The second kappa shape index (κ2) is 10.1. The van der Waals surface area contributed by atoms with E-state index in [-0.39, 0.29) is 23.9 Å². The van der Waals surface area contributed by atoms with Gasteiger partial charge in [0.05, 0.1) is 32.9 Å². The Morgan fingerprint density at radius 2 is 1.68 bits per heavy atom. The molecule has 1 aromatic heterocycles. The normalized spacial score (nSPS) is 10.6. The van der Waals surface area contributed by atoms with Crippen LogP contribution in [0.2, 0.25) is 10.0 Å². The number of ether oxygens (including phenoxy) is 4. The molecule has 0 atom stereocenters. The number of hydrogen-bond acceptors (Lipinski definition) is 7. The third-order valence-corrected chi connectivity index (χ3v) is 6.20. The van der Waals surface area contributed by atoms with E-state index in [0.717, 1.165) is 10.1 Å². The summed E-state index contributed by atoms with van der Waals surface area (Å²) >= 11 is 13.5. The molecule has 0 aliphatic heterocycles. The molecule has 0 bridgehead atoms. The highest BCUT2D eigenvalue weighted by molar-refractivity contribution is 7.21. The van der Waals surface area contributed by atoms with Crippen LogP contribution in [-0.4, -0.2) is 46.4 Å². The van der Waals surface area contributed by atoms with Gasteiger partial charge in [-0.2, -0.15) is 0 Å². The lowest BCUT2D eigenvalue weighted by Gasteiger charge is -2.14. The molecule has 0 saturated carbocycles. The highest BCUT2D eigenvalue weighted by Gasteiger charge is 2.19. The van der Waals surface area contributed by atoms with E-state index in [2.05, 4.69) is 5.32 Å². The standard InChI is InChI=1S/C21H19Cl2NO6S/c1-27-14-8-11(9-15(28-2)18(14)29-3)20(25)24-6-7-30-21(26)19-17(23)13-5-4-12(22)10-16(13)31-19/h4-5,8-10H,6-7H2,1-3H3,(H,24,25). The van der Waals surface area contributed by atoms with E-state index < -0.39 is 5.97 Å². The number of rotatable bonds is 8. The van der Waals surface area contributed by atoms with Gasteiger partial charge in [-0.1, -0.05) is 29.3 Å². The molecule has 0 saturated heterocycles. The minimum absolute atomic E-state index is 0.0275. The quantitative estimate of drug-likeness (QED) is 0.365. The molecule has 0 fully saturated rings. The Bertz CT molecular complexity index is 1110. The molecule has 3 aromatic rings. The smallest absolute Gasteiger partial charge is 0.349 e. The number of hydrogen-bond donors (Lipinski definition) is 1. The van der Waals surface area contributed by atoms with E-state index in [1.807, 2.05) is 0 Å². The van der Waals surface area contributed by atoms with Crippen LogP contribution in [0.15, 0.2) is 30.3 Å². The second-order valence-electron chi connectivity index (χ2n) is 6.19. The number of carbonyl (C=O) groups is 2. The minimum Gasteiger partial charge on any atom is -0.493 e. The molecule has 2 aromatic carbocycles. The molecule has 31 heavy (non-hydrogen) atoms. The maximum atomic E-state index is 12.5. The van der Waals surface area contributed by atoms with Crippen LogP contribution < -0.4 is 19.5 Å². The molecule has 10 heteroatoms. The Balaban J connectivity index is 1.60. The first kappa shape index (κ1) is 23.0. The molecule has 1 N–H and O–H groups in total. The van der Waals surface area contributed by atoms with Crippen LogP contribution in [0.5, 0.6) is 17.2 Å². The Morgan fingerprint density at radius 1 is 1.00 bits per heavy atom. The van der Waals surface area contributed by atoms with Crippen LogP contribution in [-0.2, 0) is 4.74 Å². The summed E-state index contributed by atoms with van der Waals surface area (Å²) in [6.45, 7) is 0.0793. The van der Waals surface area contributed by atoms with Gasteiger partial charge in [0.2, 0.25) is 5.75 Å². The highest BCUT2D eigenvalue weighted by atomic mass is 35.5. The molecular formula is C21H19Cl2NO6S. The zero-order chi connectivity index (χ0) is 22.5. The van der Waals surface area contributed by atoms with Crippen molar-refractivity contribution in [2.24, 2.45) is 0 Å². The number of methoxy groups -OCH3 is 3. The number of halogens is 2. The summed E-state index contributed by atoms with van der Waals surface area (Å²) < 4.78 is 21.8. The Kier molecular flexibility index (Phi) is 7.48. The maximum absolute atomic E-state index is 12.5. The van der Waals surface area contributed by atoms with Gasteiger partial charge < -0.3 is 24.3 Å². The van der Waals surface area contributed by atoms with Gasteiger partial charge in [0.1, 0.15) is 11.5 Å². The number of thiophene rings is 1. The molecule has 0 radical (unpaired) electrons. The third kappa shape index (κ3) is 4.98. The van der Waals surface area contributed by atoms with Crippen LogP contribution in [0, 0.1) is 0 Å². The molecule has 1 heterocycles. The molecule has 0 spiro atoms. The summed E-state index contributed by atoms with van der Waals surface area (Å²) in [4.78, 5) is 25.1. The van der Waals surface area contributed by atoms with E-state index in [1.165, 1.54) is 44.8 Å². The van der Waals surface area contributed by atoms with Crippen molar-refractivity contribution in [3.63, 3.8) is 0 Å². The van der Waals surface area contributed by atoms with Gasteiger partial charge >= 0.3 is 5.97 Å². The first-order valence-corrected chi connectivity index (χ1v) is 10.6. The lowest BCUT2D eigenvalue weighted by Crippen LogP contribution is -2.28. The van der Waals surface area contributed by atoms with Crippen LogP contribution in [0.1, 0.15) is 20.0 Å². The fourth-order valence-electron chi connectivity index (χ4n) is 2.86. The Hall–Kier alpha value is -2.68. The molecule has 7 nitrogen and oxygen atoms in total. The third-order valence-electron chi connectivity index (χ3n) is 4.32. The Labute approximate surface area is 192 Å². The zero-order valence-electron chi connectivity index (χ0n) is 16.9. The predicted molar refractivity (Wildman–Crippen MR) is 121 cm³/mol. The van der Waals surface area contributed by atoms with Crippen molar-refractivity contribution in [3.05, 3.63) is 50.8 Å². The van der Waals surface area contributed by atoms with E-state index in [1.54, 1.807) is 18.2 Å².